The summed E-state index contributed by atoms with van der Waals surface area (Å²) >= 11 is 5.84. The van der Waals surface area contributed by atoms with Gasteiger partial charge in [-0.2, -0.15) is 0 Å². The second-order valence-electron chi connectivity index (χ2n) is 6.92. The van der Waals surface area contributed by atoms with E-state index < -0.39 is 30.3 Å². The van der Waals surface area contributed by atoms with Crippen LogP contribution in [0, 0.1) is 5.92 Å². The third-order valence-corrected chi connectivity index (χ3v) is 5.09. The number of likely N-dealkylation sites (tertiary alicyclic amines) is 1. The quantitative estimate of drug-likeness (QED) is 0.739. The molecule has 7 nitrogen and oxygen atoms in total. The summed E-state index contributed by atoms with van der Waals surface area (Å²) in [4.78, 5) is 50.2. The molecule has 0 radical (unpaired) electrons. The molecule has 8 heteroatoms. The number of nitrogens with zero attached hydrogens (tertiary/aromatic N) is 1. The Bertz CT molecular complexity index is 922. The van der Waals surface area contributed by atoms with Crippen LogP contribution in [0.15, 0.2) is 54.6 Å². The highest BCUT2D eigenvalue weighted by Gasteiger charge is 2.29. The van der Waals surface area contributed by atoms with E-state index in [1.54, 1.807) is 59.5 Å². The fourth-order valence-electron chi connectivity index (χ4n) is 3.17. The Balaban J connectivity index is 1.42. The number of esters is 1. The van der Waals surface area contributed by atoms with Crippen molar-refractivity contribution in [1.29, 1.82) is 0 Å². The van der Waals surface area contributed by atoms with E-state index >= 15 is 0 Å². The Morgan fingerprint density at radius 2 is 1.57 bits per heavy atom. The molecule has 2 aromatic carbocycles. The average Bonchev–Trinajstić information content (AvgIpc) is 2.78. The van der Waals surface area contributed by atoms with Gasteiger partial charge in [0.1, 0.15) is 0 Å². The standard InChI is InChI=1S/C22H21ClN2O5/c23-18-8-6-16(7-9-18)21(28)25-12-10-17(11-13-25)22(29)30-14-19(26)24-20(27)15-4-2-1-3-5-15/h1-9,17H,10-14H2,(H,24,26,27). The van der Waals surface area contributed by atoms with Crippen molar-refractivity contribution >= 4 is 35.3 Å². The highest BCUT2D eigenvalue weighted by atomic mass is 35.5. The summed E-state index contributed by atoms with van der Waals surface area (Å²) in [7, 11) is 0. The van der Waals surface area contributed by atoms with Crippen molar-refractivity contribution in [3.05, 3.63) is 70.7 Å². The SMILES string of the molecule is O=C(COC(=O)C1CCN(C(=O)c2ccc(Cl)cc2)CC1)NC(=O)c1ccccc1. The van der Waals surface area contributed by atoms with Gasteiger partial charge in [0.25, 0.3) is 17.7 Å². The van der Waals surface area contributed by atoms with Crippen LogP contribution in [0.5, 0.6) is 0 Å². The number of hydrogen-bond acceptors (Lipinski definition) is 5. The largest absolute Gasteiger partial charge is 0.455 e. The lowest BCUT2D eigenvalue weighted by molar-refractivity contribution is -0.153. The van der Waals surface area contributed by atoms with E-state index in [0.717, 1.165) is 0 Å². The van der Waals surface area contributed by atoms with Crippen molar-refractivity contribution in [3.63, 3.8) is 0 Å². The molecule has 1 aliphatic heterocycles. The summed E-state index contributed by atoms with van der Waals surface area (Å²) in [5, 5.41) is 2.74. The monoisotopic (exact) mass is 428 g/mol. The molecule has 0 unspecified atom stereocenters. The molecular weight excluding hydrogens is 408 g/mol. The number of piperidine rings is 1. The van der Waals surface area contributed by atoms with Crippen molar-refractivity contribution in [3.8, 4) is 0 Å². The van der Waals surface area contributed by atoms with Crippen molar-refractivity contribution in [2.24, 2.45) is 5.92 Å². The molecule has 3 amide bonds. The van der Waals surface area contributed by atoms with Crippen LogP contribution in [-0.2, 0) is 14.3 Å². The first-order chi connectivity index (χ1) is 14.4. The Hall–Kier alpha value is -3.19. The highest BCUT2D eigenvalue weighted by Crippen LogP contribution is 2.21. The molecule has 2 aromatic rings. The maximum absolute atomic E-state index is 12.5. The van der Waals surface area contributed by atoms with Gasteiger partial charge in [-0.05, 0) is 49.2 Å². The first kappa shape index (κ1) is 21.5. The molecule has 0 saturated carbocycles. The Morgan fingerprint density at radius 3 is 2.20 bits per heavy atom. The van der Waals surface area contributed by atoms with Gasteiger partial charge in [0, 0.05) is 29.2 Å². The molecule has 1 fully saturated rings. The second-order valence-corrected chi connectivity index (χ2v) is 7.36. The number of imide groups is 1. The maximum atomic E-state index is 12.5. The van der Waals surface area contributed by atoms with Gasteiger partial charge in [-0.3, -0.25) is 24.5 Å². The van der Waals surface area contributed by atoms with Crippen molar-refractivity contribution < 1.29 is 23.9 Å². The molecule has 0 aliphatic carbocycles. The fourth-order valence-corrected chi connectivity index (χ4v) is 3.30. The third kappa shape index (κ3) is 5.67. The third-order valence-electron chi connectivity index (χ3n) is 4.84. The lowest BCUT2D eigenvalue weighted by atomic mass is 9.96. The van der Waals surface area contributed by atoms with Crippen LogP contribution in [0.2, 0.25) is 5.02 Å². The minimum atomic E-state index is -0.687. The predicted molar refractivity (Wildman–Crippen MR) is 110 cm³/mol. The summed E-state index contributed by atoms with van der Waals surface area (Å²) in [5.74, 6) is -2.25. The number of carbonyl (C=O) groups is 4. The van der Waals surface area contributed by atoms with Crippen LogP contribution in [0.25, 0.3) is 0 Å². The Kier molecular flexibility index (Phi) is 7.19. The van der Waals surface area contributed by atoms with Gasteiger partial charge in [-0.15, -0.1) is 0 Å². The van der Waals surface area contributed by atoms with E-state index in [4.69, 9.17) is 16.3 Å². The van der Waals surface area contributed by atoms with Crippen LogP contribution in [0.4, 0.5) is 0 Å². The molecule has 156 valence electrons. The first-order valence-corrected chi connectivity index (χ1v) is 9.92. The predicted octanol–water partition coefficient (Wildman–Crippen LogP) is 2.69. The Labute approximate surface area is 179 Å². The average molecular weight is 429 g/mol. The normalized spacial score (nSPS) is 14.1. The molecule has 0 aromatic heterocycles. The summed E-state index contributed by atoms with van der Waals surface area (Å²) in [6, 6.07) is 14.9. The Morgan fingerprint density at radius 1 is 0.933 bits per heavy atom. The zero-order valence-corrected chi connectivity index (χ0v) is 16.9. The van der Waals surface area contributed by atoms with Gasteiger partial charge in [-0.25, -0.2) is 0 Å². The van der Waals surface area contributed by atoms with Gasteiger partial charge in [-0.1, -0.05) is 29.8 Å². The topological polar surface area (TPSA) is 92.8 Å². The van der Waals surface area contributed by atoms with Crippen LogP contribution < -0.4 is 5.32 Å². The number of benzene rings is 2. The molecule has 1 N–H and O–H groups in total. The van der Waals surface area contributed by atoms with Crippen molar-refractivity contribution in [1.82, 2.24) is 10.2 Å². The van der Waals surface area contributed by atoms with Gasteiger partial charge in [0.2, 0.25) is 0 Å². The zero-order chi connectivity index (χ0) is 21.5. The number of rotatable bonds is 5. The number of halogens is 1. The molecule has 0 spiro atoms. The minimum absolute atomic E-state index is 0.114. The molecule has 1 saturated heterocycles. The number of ether oxygens (including phenoxy) is 1. The van der Waals surface area contributed by atoms with Crippen LogP contribution in [0.1, 0.15) is 33.6 Å². The summed E-state index contributed by atoms with van der Waals surface area (Å²) in [6.45, 7) is 0.307. The van der Waals surface area contributed by atoms with Crippen molar-refractivity contribution in [2.45, 2.75) is 12.8 Å². The van der Waals surface area contributed by atoms with Gasteiger partial charge >= 0.3 is 5.97 Å². The van der Waals surface area contributed by atoms with E-state index in [1.165, 1.54) is 0 Å². The zero-order valence-electron chi connectivity index (χ0n) is 16.2. The molecule has 3 rings (SSSR count). The van der Waals surface area contributed by atoms with Gasteiger partial charge in [0.15, 0.2) is 6.61 Å². The van der Waals surface area contributed by atoms with Gasteiger partial charge in [0.05, 0.1) is 5.92 Å². The molecule has 0 bridgehead atoms. The van der Waals surface area contributed by atoms with E-state index in [-0.39, 0.29) is 5.91 Å². The first-order valence-electron chi connectivity index (χ1n) is 9.55. The number of carbonyl (C=O) groups excluding carboxylic acids is 4. The molecule has 1 aliphatic rings. The summed E-state index contributed by atoms with van der Waals surface area (Å²) in [6.07, 6.45) is 0.894. The number of hydrogen-bond donors (Lipinski definition) is 1. The smallest absolute Gasteiger partial charge is 0.309 e. The molecule has 0 atom stereocenters. The van der Waals surface area contributed by atoms with Crippen LogP contribution >= 0.6 is 11.6 Å². The van der Waals surface area contributed by atoms with Crippen molar-refractivity contribution in [2.75, 3.05) is 19.7 Å². The van der Waals surface area contributed by atoms with E-state index in [1.807, 2.05) is 0 Å². The molecular formula is C22H21ClN2O5. The van der Waals surface area contributed by atoms with Gasteiger partial charge < -0.3 is 9.64 Å². The molecule has 1 heterocycles. The molecule has 30 heavy (non-hydrogen) atoms. The highest BCUT2D eigenvalue weighted by molar-refractivity contribution is 6.30. The lowest BCUT2D eigenvalue weighted by Gasteiger charge is -2.31. The van der Waals surface area contributed by atoms with E-state index in [0.29, 0.717) is 42.1 Å². The summed E-state index contributed by atoms with van der Waals surface area (Å²) < 4.78 is 5.05. The van der Waals surface area contributed by atoms with E-state index in [2.05, 4.69) is 5.32 Å². The number of amides is 3. The van der Waals surface area contributed by atoms with E-state index in [9.17, 15) is 19.2 Å². The fraction of sp³-hybridized carbons (Fsp3) is 0.273. The van der Waals surface area contributed by atoms with Crippen LogP contribution in [0.3, 0.4) is 0 Å². The minimum Gasteiger partial charge on any atom is -0.455 e. The van der Waals surface area contributed by atoms with Crippen LogP contribution in [-0.4, -0.2) is 48.3 Å². The summed E-state index contributed by atoms with van der Waals surface area (Å²) in [5.41, 5.74) is 0.884. The number of nitrogens with one attached hydrogen (secondary N) is 1. The second kappa shape index (κ2) is 10.0. The lowest BCUT2D eigenvalue weighted by Crippen LogP contribution is -2.41. The maximum Gasteiger partial charge on any atom is 0.309 e.